The number of hydrogen-bond donors (Lipinski definition) is 1. The second-order valence-corrected chi connectivity index (χ2v) is 4.96. The number of imidazole rings is 1. The monoisotopic (exact) mass is 279 g/mol. The number of rotatable bonds is 4. The van der Waals surface area contributed by atoms with Gasteiger partial charge in [0.25, 0.3) is 0 Å². The van der Waals surface area contributed by atoms with Gasteiger partial charge in [0.05, 0.1) is 18.1 Å². The van der Waals surface area contributed by atoms with Crippen molar-refractivity contribution in [1.29, 1.82) is 0 Å². The van der Waals surface area contributed by atoms with Crippen LogP contribution in [0.25, 0.3) is 11.1 Å². The van der Waals surface area contributed by atoms with E-state index in [4.69, 9.17) is 0 Å². The van der Waals surface area contributed by atoms with Crippen LogP contribution in [0.2, 0.25) is 0 Å². The molecule has 0 saturated carbocycles. The fourth-order valence-electron chi connectivity index (χ4n) is 2.49. The number of aromatic hydroxyl groups is 1. The highest BCUT2D eigenvalue weighted by molar-refractivity contribution is 5.64. The Bertz CT molecular complexity index is 705. The molecule has 0 amide bonds. The van der Waals surface area contributed by atoms with E-state index in [0.29, 0.717) is 0 Å². The highest BCUT2D eigenvalue weighted by atomic mass is 16.3. The summed E-state index contributed by atoms with van der Waals surface area (Å²) in [6.45, 7) is 2.13. The van der Waals surface area contributed by atoms with E-state index >= 15 is 0 Å². The lowest BCUT2D eigenvalue weighted by Gasteiger charge is -2.16. The molecule has 1 N–H and O–H groups in total. The first-order valence-electron chi connectivity index (χ1n) is 7.00. The molecule has 1 unspecified atom stereocenters. The van der Waals surface area contributed by atoms with Gasteiger partial charge in [0, 0.05) is 24.2 Å². The van der Waals surface area contributed by atoms with Crippen molar-refractivity contribution in [3.63, 3.8) is 0 Å². The molecule has 0 bridgehead atoms. The van der Waals surface area contributed by atoms with Gasteiger partial charge in [-0.05, 0) is 30.2 Å². The molecule has 0 spiro atoms. The van der Waals surface area contributed by atoms with Crippen molar-refractivity contribution in [1.82, 2.24) is 14.5 Å². The normalized spacial score (nSPS) is 12.2. The molecule has 2 aromatic heterocycles. The van der Waals surface area contributed by atoms with Crippen LogP contribution in [0.1, 0.15) is 25.1 Å². The molecule has 4 heteroatoms. The summed E-state index contributed by atoms with van der Waals surface area (Å²) in [6, 6.07) is 11.5. The van der Waals surface area contributed by atoms with Crippen LogP contribution < -0.4 is 0 Å². The zero-order valence-corrected chi connectivity index (χ0v) is 11.8. The molecule has 0 aliphatic rings. The van der Waals surface area contributed by atoms with Crippen molar-refractivity contribution in [2.75, 3.05) is 0 Å². The van der Waals surface area contributed by atoms with Gasteiger partial charge < -0.3 is 9.67 Å². The Morgan fingerprint density at radius 3 is 2.71 bits per heavy atom. The maximum Gasteiger partial charge on any atom is 0.116 e. The van der Waals surface area contributed by atoms with E-state index in [1.165, 1.54) is 0 Å². The molecule has 106 valence electrons. The van der Waals surface area contributed by atoms with Crippen LogP contribution in [0.5, 0.6) is 5.75 Å². The number of benzene rings is 1. The molecule has 1 atom stereocenters. The van der Waals surface area contributed by atoms with Crippen LogP contribution in [0, 0.1) is 0 Å². The number of aromatic nitrogens is 3. The minimum atomic E-state index is 0.200. The van der Waals surface area contributed by atoms with Gasteiger partial charge in [0.1, 0.15) is 5.75 Å². The summed E-state index contributed by atoms with van der Waals surface area (Å²) >= 11 is 0. The summed E-state index contributed by atoms with van der Waals surface area (Å²) in [6.07, 6.45) is 8.36. The molecule has 0 fully saturated rings. The van der Waals surface area contributed by atoms with Gasteiger partial charge >= 0.3 is 0 Å². The fraction of sp³-hybridized carbons (Fsp3) is 0.176. The minimum Gasteiger partial charge on any atom is -0.508 e. The molecule has 2 heterocycles. The first-order chi connectivity index (χ1) is 10.3. The van der Waals surface area contributed by atoms with Gasteiger partial charge in [-0.2, -0.15) is 0 Å². The van der Waals surface area contributed by atoms with Crippen LogP contribution in [0.3, 0.4) is 0 Å². The third-order valence-corrected chi connectivity index (χ3v) is 3.58. The van der Waals surface area contributed by atoms with Crippen molar-refractivity contribution >= 4 is 0 Å². The van der Waals surface area contributed by atoms with E-state index in [0.717, 1.165) is 23.2 Å². The van der Waals surface area contributed by atoms with E-state index in [9.17, 15) is 5.11 Å². The summed E-state index contributed by atoms with van der Waals surface area (Å²) in [7, 11) is 0. The lowest BCUT2D eigenvalue weighted by atomic mass is 10.1. The quantitative estimate of drug-likeness (QED) is 0.793. The van der Waals surface area contributed by atoms with Crippen LogP contribution in [-0.4, -0.2) is 19.6 Å². The van der Waals surface area contributed by atoms with Crippen molar-refractivity contribution in [3.8, 4) is 16.9 Å². The summed E-state index contributed by atoms with van der Waals surface area (Å²) in [5.74, 6) is 0.265. The number of phenols is 1. The zero-order valence-electron chi connectivity index (χ0n) is 11.8. The van der Waals surface area contributed by atoms with Gasteiger partial charge in [0.2, 0.25) is 0 Å². The summed E-state index contributed by atoms with van der Waals surface area (Å²) in [5.41, 5.74) is 2.97. The van der Waals surface area contributed by atoms with Gasteiger partial charge in [0.15, 0.2) is 0 Å². The summed E-state index contributed by atoms with van der Waals surface area (Å²) in [4.78, 5) is 8.68. The Balaban J connectivity index is 1.90. The first kappa shape index (κ1) is 13.4. The van der Waals surface area contributed by atoms with E-state index in [2.05, 4.69) is 21.5 Å². The van der Waals surface area contributed by atoms with Crippen LogP contribution in [0.4, 0.5) is 0 Å². The fourth-order valence-corrected chi connectivity index (χ4v) is 2.49. The molecule has 0 aliphatic heterocycles. The Hall–Kier alpha value is -2.62. The Morgan fingerprint density at radius 1 is 1.19 bits per heavy atom. The molecule has 3 rings (SSSR count). The molecule has 0 saturated heterocycles. The molecular formula is C17H17N3O. The number of hydrogen-bond acceptors (Lipinski definition) is 3. The third kappa shape index (κ3) is 2.79. The number of pyridine rings is 1. The average molecular weight is 279 g/mol. The average Bonchev–Trinajstić information content (AvgIpc) is 3.03. The minimum absolute atomic E-state index is 0.200. The number of nitrogens with zero attached hydrogens (tertiary/aromatic N) is 3. The molecule has 1 aromatic carbocycles. The van der Waals surface area contributed by atoms with Crippen molar-refractivity contribution in [2.45, 2.75) is 19.4 Å². The van der Waals surface area contributed by atoms with E-state index in [1.54, 1.807) is 18.3 Å². The highest BCUT2D eigenvalue weighted by Gasteiger charge is 2.12. The third-order valence-electron chi connectivity index (χ3n) is 3.58. The summed E-state index contributed by atoms with van der Waals surface area (Å²) < 4.78 is 2.07. The summed E-state index contributed by atoms with van der Waals surface area (Å²) in [5, 5.41) is 9.55. The number of phenolic OH excluding ortho intramolecular Hbond substituents is 1. The Morgan fingerprint density at radius 2 is 2.10 bits per heavy atom. The Kier molecular flexibility index (Phi) is 3.69. The van der Waals surface area contributed by atoms with Crippen molar-refractivity contribution in [3.05, 3.63) is 67.0 Å². The lowest BCUT2D eigenvalue weighted by Crippen LogP contribution is -2.09. The predicted octanol–water partition coefficient (Wildman–Crippen LogP) is 3.65. The van der Waals surface area contributed by atoms with Gasteiger partial charge in [-0.25, -0.2) is 4.98 Å². The maximum absolute atomic E-state index is 9.55. The topological polar surface area (TPSA) is 50.9 Å². The molecule has 3 aromatic rings. The highest BCUT2D eigenvalue weighted by Crippen LogP contribution is 2.25. The molecule has 0 radical (unpaired) electrons. The lowest BCUT2D eigenvalue weighted by molar-refractivity contribution is 0.475. The van der Waals surface area contributed by atoms with E-state index in [-0.39, 0.29) is 11.8 Å². The standard InChI is InChI=1S/C17H17N3O/c1-2-17(20-9-8-18-12-20)16-7-6-14(11-19-16)13-4-3-5-15(21)10-13/h3-12,17,21H,2H2,1H3. The molecular weight excluding hydrogens is 262 g/mol. The zero-order chi connectivity index (χ0) is 14.7. The van der Waals surface area contributed by atoms with Crippen LogP contribution in [0.15, 0.2) is 61.3 Å². The van der Waals surface area contributed by atoms with Gasteiger partial charge in [-0.1, -0.05) is 25.1 Å². The largest absolute Gasteiger partial charge is 0.508 e. The van der Waals surface area contributed by atoms with Crippen LogP contribution >= 0.6 is 0 Å². The Labute approximate surface area is 123 Å². The van der Waals surface area contributed by atoms with Crippen LogP contribution in [-0.2, 0) is 0 Å². The van der Waals surface area contributed by atoms with Crippen molar-refractivity contribution in [2.24, 2.45) is 0 Å². The maximum atomic E-state index is 9.55. The smallest absolute Gasteiger partial charge is 0.116 e. The molecule has 21 heavy (non-hydrogen) atoms. The second-order valence-electron chi connectivity index (χ2n) is 4.96. The second kappa shape index (κ2) is 5.79. The van der Waals surface area contributed by atoms with E-state index in [1.807, 2.05) is 43.0 Å². The van der Waals surface area contributed by atoms with Gasteiger partial charge in [-0.3, -0.25) is 4.98 Å². The van der Waals surface area contributed by atoms with Crippen molar-refractivity contribution < 1.29 is 5.11 Å². The SMILES string of the molecule is CCC(c1ccc(-c2cccc(O)c2)cn1)n1ccnc1. The first-order valence-corrected chi connectivity index (χ1v) is 7.00. The van der Waals surface area contributed by atoms with Gasteiger partial charge in [-0.15, -0.1) is 0 Å². The predicted molar refractivity (Wildman–Crippen MR) is 82.0 cm³/mol. The molecule has 0 aliphatic carbocycles. The molecule has 4 nitrogen and oxygen atoms in total. The van der Waals surface area contributed by atoms with E-state index < -0.39 is 0 Å².